The maximum Gasteiger partial charge on any atom is 0.341 e. The average molecular weight is 519 g/mol. The summed E-state index contributed by atoms with van der Waals surface area (Å²) >= 11 is 2.83. The van der Waals surface area contributed by atoms with Crippen LogP contribution < -0.4 is 10.6 Å². The molecule has 1 aromatic heterocycles. The van der Waals surface area contributed by atoms with Crippen molar-refractivity contribution in [3.8, 4) is 0 Å². The number of carbonyl (C=O) groups is 4. The van der Waals surface area contributed by atoms with Crippen LogP contribution >= 0.6 is 23.1 Å². The summed E-state index contributed by atoms with van der Waals surface area (Å²) in [5.74, 6) is -2.03. The van der Waals surface area contributed by atoms with E-state index < -0.39 is 17.2 Å². The number of amides is 2. The van der Waals surface area contributed by atoms with Crippen molar-refractivity contribution in [2.45, 2.75) is 68.4 Å². The monoisotopic (exact) mass is 518 g/mol. The lowest BCUT2D eigenvalue weighted by atomic mass is 10.1. The van der Waals surface area contributed by atoms with Crippen molar-refractivity contribution >= 4 is 57.5 Å². The number of thiophene rings is 1. The predicted molar refractivity (Wildman–Crippen MR) is 137 cm³/mol. The number of fused-ring (bicyclic) bond motifs is 1. The molecule has 1 aromatic carbocycles. The SMILES string of the molecule is CCC(Sc1cccc(NC(=O)CCC(=O)O)c1)C(=O)Nc1sc2c(c1C(=O)OC)CCCCC2. The summed E-state index contributed by atoms with van der Waals surface area (Å²) in [5, 5.41) is 14.5. The molecule has 0 aliphatic heterocycles. The van der Waals surface area contributed by atoms with Gasteiger partial charge in [0.05, 0.1) is 24.3 Å². The molecule has 0 fully saturated rings. The normalized spacial score (nSPS) is 13.8. The number of rotatable bonds is 10. The van der Waals surface area contributed by atoms with Gasteiger partial charge in [0.2, 0.25) is 11.8 Å². The van der Waals surface area contributed by atoms with Gasteiger partial charge >= 0.3 is 11.9 Å². The van der Waals surface area contributed by atoms with E-state index in [2.05, 4.69) is 10.6 Å². The van der Waals surface area contributed by atoms with Gasteiger partial charge in [0.1, 0.15) is 5.00 Å². The second-order valence-corrected chi connectivity index (χ2v) is 10.6. The van der Waals surface area contributed by atoms with Crippen molar-refractivity contribution in [1.82, 2.24) is 0 Å². The van der Waals surface area contributed by atoms with E-state index in [0.717, 1.165) is 47.4 Å². The zero-order valence-corrected chi connectivity index (χ0v) is 21.5. The molecule has 0 saturated carbocycles. The Balaban J connectivity index is 1.72. The first-order chi connectivity index (χ1) is 16.8. The number of carbonyl (C=O) groups excluding carboxylic acids is 3. The first kappa shape index (κ1) is 26.7. The summed E-state index contributed by atoms with van der Waals surface area (Å²) in [6.45, 7) is 1.92. The molecule has 10 heteroatoms. The Bertz CT molecular complexity index is 1100. The molecule has 1 aliphatic rings. The Labute approximate surface area is 212 Å². The second kappa shape index (κ2) is 12.7. The number of benzene rings is 1. The quantitative estimate of drug-likeness (QED) is 0.227. The summed E-state index contributed by atoms with van der Waals surface area (Å²) in [6, 6.07) is 7.09. The fourth-order valence-electron chi connectivity index (χ4n) is 3.92. The number of ether oxygens (including phenoxy) is 1. The largest absolute Gasteiger partial charge is 0.481 e. The molecule has 0 bridgehead atoms. The Hall–Kier alpha value is -2.85. The average Bonchev–Trinajstić information content (AvgIpc) is 3.00. The van der Waals surface area contributed by atoms with E-state index in [1.165, 1.54) is 30.2 Å². The molecule has 1 unspecified atom stereocenters. The minimum absolute atomic E-state index is 0.111. The molecule has 188 valence electrons. The molecular weight excluding hydrogens is 488 g/mol. The van der Waals surface area contributed by atoms with E-state index in [9.17, 15) is 19.2 Å². The number of nitrogens with one attached hydrogen (secondary N) is 2. The summed E-state index contributed by atoms with van der Waals surface area (Å²) in [7, 11) is 1.35. The maximum absolute atomic E-state index is 13.2. The number of carboxylic acid groups (broad SMARTS) is 1. The fourth-order valence-corrected chi connectivity index (χ4v) is 6.21. The van der Waals surface area contributed by atoms with Crippen molar-refractivity contribution in [3.63, 3.8) is 0 Å². The first-order valence-electron chi connectivity index (χ1n) is 11.6. The van der Waals surface area contributed by atoms with Crippen LogP contribution in [-0.2, 0) is 32.0 Å². The molecule has 2 aromatic rings. The third-order valence-electron chi connectivity index (χ3n) is 5.67. The Kier molecular flexibility index (Phi) is 9.73. The van der Waals surface area contributed by atoms with Crippen LogP contribution in [0.3, 0.4) is 0 Å². The van der Waals surface area contributed by atoms with Crippen LogP contribution in [0, 0.1) is 0 Å². The molecule has 0 spiro atoms. The number of methoxy groups -OCH3 is 1. The second-order valence-electron chi connectivity index (χ2n) is 8.23. The predicted octanol–water partition coefficient (Wildman–Crippen LogP) is 5.12. The summed E-state index contributed by atoms with van der Waals surface area (Å²) in [4.78, 5) is 50.3. The molecule has 8 nitrogen and oxygen atoms in total. The van der Waals surface area contributed by atoms with Gasteiger partial charge in [-0.25, -0.2) is 4.79 Å². The van der Waals surface area contributed by atoms with E-state index >= 15 is 0 Å². The molecule has 35 heavy (non-hydrogen) atoms. The van der Waals surface area contributed by atoms with Gasteiger partial charge in [-0.3, -0.25) is 14.4 Å². The van der Waals surface area contributed by atoms with Crippen LogP contribution in [0.15, 0.2) is 29.2 Å². The number of anilines is 2. The van der Waals surface area contributed by atoms with Gasteiger partial charge in [-0.2, -0.15) is 0 Å². The lowest BCUT2D eigenvalue weighted by molar-refractivity contribution is -0.138. The Morgan fingerprint density at radius 2 is 1.89 bits per heavy atom. The van der Waals surface area contributed by atoms with Crippen LogP contribution in [0.5, 0.6) is 0 Å². The zero-order chi connectivity index (χ0) is 25.4. The minimum Gasteiger partial charge on any atom is -0.481 e. The van der Waals surface area contributed by atoms with Gasteiger partial charge in [0.25, 0.3) is 0 Å². The van der Waals surface area contributed by atoms with E-state index in [1.54, 1.807) is 18.2 Å². The van der Waals surface area contributed by atoms with Crippen molar-refractivity contribution in [2.24, 2.45) is 0 Å². The number of hydrogen-bond acceptors (Lipinski definition) is 7. The maximum atomic E-state index is 13.2. The van der Waals surface area contributed by atoms with Crippen LogP contribution in [0.2, 0.25) is 0 Å². The lowest BCUT2D eigenvalue weighted by Gasteiger charge is -2.15. The van der Waals surface area contributed by atoms with Crippen LogP contribution in [0.4, 0.5) is 10.7 Å². The van der Waals surface area contributed by atoms with Gasteiger partial charge in [-0.15, -0.1) is 23.1 Å². The zero-order valence-electron chi connectivity index (χ0n) is 19.8. The highest BCUT2D eigenvalue weighted by Gasteiger charge is 2.28. The molecule has 3 rings (SSSR count). The minimum atomic E-state index is -1.03. The highest BCUT2D eigenvalue weighted by atomic mass is 32.2. The molecule has 1 aliphatic carbocycles. The van der Waals surface area contributed by atoms with Crippen molar-refractivity contribution in [2.75, 3.05) is 17.7 Å². The van der Waals surface area contributed by atoms with Gasteiger partial charge in [0.15, 0.2) is 0 Å². The fraction of sp³-hybridized carbons (Fsp3) is 0.440. The highest BCUT2D eigenvalue weighted by Crippen LogP contribution is 2.38. The smallest absolute Gasteiger partial charge is 0.341 e. The van der Waals surface area contributed by atoms with Crippen LogP contribution in [-0.4, -0.2) is 41.2 Å². The number of hydrogen-bond donors (Lipinski definition) is 3. The Morgan fingerprint density at radius 1 is 1.11 bits per heavy atom. The van der Waals surface area contributed by atoms with Gasteiger partial charge < -0.3 is 20.5 Å². The number of esters is 1. The van der Waals surface area contributed by atoms with E-state index in [-0.39, 0.29) is 24.7 Å². The van der Waals surface area contributed by atoms with Crippen LogP contribution in [0.1, 0.15) is 66.2 Å². The number of thioether (sulfide) groups is 1. The molecule has 0 radical (unpaired) electrons. The van der Waals surface area contributed by atoms with Crippen molar-refractivity contribution in [3.05, 3.63) is 40.3 Å². The summed E-state index contributed by atoms with van der Waals surface area (Å²) in [5.41, 5.74) is 2.02. The summed E-state index contributed by atoms with van der Waals surface area (Å²) in [6.07, 6.45) is 5.12. The standard InChI is InChI=1S/C25H30N2O6S2/c1-3-18(34-16-9-7-8-15(14-16)26-20(28)12-13-21(29)30)23(31)27-24-22(25(32)33-2)17-10-5-4-6-11-19(17)35-24/h7-9,14,18H,3-6,10-13H2,1-2H3,(H,26,28)(H,27,31)(H,29,30). The van der Waals surface area contributed by atoms with Crippen molar-refractivity contribution in [1.29, 1.82) is 0 Å². The van der Waals surface area contributed by atoms with Gasteiger partial charge in [-0.1, -0.05) is 19.4 Å². The van der Waals surface area contributed by atoms with E-state index in [1.807, 2.05) is 13.0 Å². The topological polar surface area (TPSA) is 122 Å². The van der Waals surface area contributed by atoms with Crippen LogP contribution in [0.25, 0.3) is 0 Å². The molecule has 1 heterocycles. The lowest BCUT2D eigenvalue weighted by Crippen LogP contribution is -2.25. The molecule has 2 amide bonds. The number of aryl methyl sites for hydroxylation is 1. The number of carboxylic acids is 1. The third-order valence-corrected chi connectivity index (χ3v) is 8.24. The molecule has 0 saturated heterocycles. The summed E-state index contributed by atoms with van der Waals surface area (Å²) < 4.78 is 5.03. The number of aliphatic carboxylic acids is 1. The first-order valence-corrected chi connectivity index (χ1v) is 13.3. The van der Waals surface area contributed by atoms with Gasteiger partial charge in [-0.05, 0) is 55.9 Å². The third kappa shape index (κ3) is 7.32. The highest BCUT2D eigenvalue weighted by molar-refractivity contribution is 8.00. The molecule has 3 N–H and O–H groups in total. The van der Waals surface area contributed by atoms with Gasteiger partial charge in [0, 0.05) is 21.9 Å². The Morgan fingerprint density at radius 3 is 2.60 bits per heavy atom. The van der Waals surface area contributed by atoms with Crippen molar-refractivity contribution < 1.29 is 29.0 Å². The molecule has 1 atom stereocenters. The molecular formula is C25H30N2O6S2. The van der Waals surface area contributed by atoms with E-state index in [4.69, 9.17) is 9.84 Å². The van der Waals surface area contributed by atoms with E-state index in [0.29, 0.717) is 22.7 Å².